The number of amides is 1. The van der Waals surface area contributed by atoms with Crippen LogP contribution in [0.4, 0.5) is 0 Å². The van der Waals surface area contributed by atoms with E-state index in [2.05, 4.69) is 11.8 Å². The van der Waals surface area contributed by atoms with E-state index >= 15 is 0 Å². The van der Waals surface area contributed by atoms with Crippen LogP contribution in [0.25, 0.3) is 0 Å². The van der Waals surface area contributed by atoms with Gasteiger partial charge in [0, 0.05) is 24.7 Å². The number of carbonyl (C=O) groups is 1. The molecule has 0 saturated heterocycles. The lowest BCUT2D eigenvalue weighted by Gasteiger charge is -2.17. The Labute approximate surface area is 153 Å². The predicted molar refractivity (Wildman–Crippen MR) is 98.0 cm³/mol. The Morgan fingerprint density at radius 1 is 1.19 bits per heavy atom. The van der Waals surface area contributed by atoms with Crippen molar-refractivity contribution in [3.63, 3.8) is 0 Å². The van der Waals surface area contributed by atoms with Crippen molar-refractivity contribution in [3.05, 3.63) is 59.2 Å². The number of nitrogens with zero attached hydrogens (tertiary/aromatic N) is 1. The quantitative estimate of drug-likeness (QED) is 0.864. The normalized spacial score (nSPS) is 12.3. The second-order valence-electron chi connectivity index (χ2n) is 6.74. The number of hydrogen-bond acceptors (Lipinski definition) is 4. The molecular formula is C21H21NO4. The molecule has 134 valence electrons. The van der Waals surface area contributed by atoms with Crippen LogP contribution < -0.4 is 9.47 Å². The summed E-state index contributed by atoms with van der Waals surface area (Å²) in [6.45, 7) is 3.92. The van der Waals surface area contributed by atoms with Gasteiger partial charge in [0.25, 0.3) is 5.91 Å². The SMILES string of the molecule is CN(Cc1ccc2c(c1)OCO2)C(=O)c1cccc(C#CC(C)(C)O)c1. The first-order chi connectivity index (χ1) is 12.3. The van der Waals surface area contributed by atoms with Crippen LogP contribution >= 0.6 is 0 Å². The van der Waals surface area contributed by atoms with Crippen molar-refractivity contribution in [3.8, 4) is 23.3 Å². The molecule has 0 aromatic heterocycles. The van der Waals surface area contributed by atoms with Crippen molar-refractivity contribution >= 4 is 5.91 Å². The summed E-state index contributed by atoms with van der Waals surface area (Å²) in [6, 6.07) is 12.7. The van der Waals surface area contributed by atoms with Crippen LogP contribution in [0.15, 0.2) is 42.5 Å². The highest BCUT2D eigenvalue weighted by Gasteiger charge is 2.16. The van der Waals surface area contributed by atoms with Gasteiger partial charge in [-0.2, -0.15) is 0 Å². The van der Waals surface area contributed by atoms with E-state index in [1.165, 1.54) is 0 Å². The van der Waals surface area contributed by atoms with Crippen molar-refractivity contribution in [1.29, 1.82) is 0 Å². The van der Waals surface area contributed by atoms with Crippen LogP contribution in [0.2, 0.25) is 0 Å². The molecular weight excluding hydrogens is 330 g/mol. The molecule has 2 aromatic carbocycles. The summed E-state index contributed by atoms with van der Waals surface area (Å²) in [5, 5.41) is 9.71. The standard InChI is InChI=1S/C21H21NO4/c1-21(2,24)10-9-15-5-4-6-17(11-15)20(23)22(3)13-16-7-8-18-19(12-16)26-14-25-18/h4-8,11-12,24H,13-14H2,1-3H3. The molecule has 0 spiro atoms. The molecule has 3 rings (SSSR count). The van der Waals surface area contributed by atoms with E-state index in [4.69, 9.17) is 9.47 Å². The first-order valence-corrected chi connectivity index (χ1v) is 8.31. The van der Waals surface area contributed by atoms with Gasteiger partial charge in [0.15, 0.2) is 11.5 Å². The van der Waals surface area contributed by atoms with E-state index < -0.39 is 5.60 Å². The lowest BCUT2D eigenvalue weighted by molar-refractivity contribution is 0.0785. The van der Waals surface area contributed by atoms with Crippen LogP contribution in [0.3, 0.4) is 0 Å². The van der Waals surface area contributed by atoms with Crippen molar-refractivity contribution in [2.75, 3.05) is 13.8 Å². The second kappa shape index (κ2) is 7.11. The van der Waals surface area contributed by atoms with E-state index in [0.29, 0.717) is 23.4 Å². The fourth-order valence-electron chi connectivity index (χ4n) is 2.56. The van der Waals surface area contributed by atoms with Gasteiger partial charge in [-0.25, -0.2) is 0 Å². The van der Waals surface area contributed by atoms with Crippen molar-refractivity contribution < 1.29 is 19.4 Å². The third kappa shape index (κ3) is 4.35. The van der Waals surface area contributed by atoms with Crippen LogP contribution in [0.1, 0.15) is 35.3 Å². The maximum Gasteiger partial charge on any atom is 0.253 e. The number of benzene rings is 2. The average Bonchev–Trinajstić information content (AvgIpc) is 3.06. The Balaban J connectivity index is 1.73. The molecule has 26 heavy (non-hydrogen) atoms. The van der Waals surface area contributed by atoms with Crippen LogP contribution in [-0.4, -0.2) is 35.4 Å². The van der Waals surface area contributed by atoms with Crippen molar-refractivity contribution in [1.82, 2.24) is 4.90 Å². The molecule has 1 heterocycles. The van der Waals surface area contributed by atoms with Gasteiger partial charge in [-0.1, -0.05) is 24.0 Å². The van der Waals surface area contributed by atoms with Gasteiger partial charge >= 0.3 is 0 Å². The van der Waals surface area contributed by atoms with Crippen LogP contribution in [0, 0.1) is 11.8 Å². The minimum absolute atomic E-state index is 0.102. The third-order valence-corrected chi connectivity index (χ3v) is 3.83. The Morgan fingerprint density at radius 2 is 1.96 bits per heavy atom. The highest BCUT2D eigenvalue weighted by atomic mass is 16.7. The molecule has 1 aliphatic rings. The Morgan fingerprint density at radius 3 is 2.73 bits per heavy atom. The maximum absolute atomic E-state index is 12.7. The first-order valence-electron chi connectivity index (χ1n) is 8.31. The molecule has 5 heteroatoms. The molecule has 0 saturated carbocycles. The molecule has 0 unspecified atom stereocenters. The van der Waals surface area contributed by atoms with Crippen LogP contribution in [-0.2, 0) is 6.54 Å². The lowest BCUT2D eigenvalue weighted by atomic mass is 10.1. The Hall–Kier alpha value is -2.97. The average molecular weight is 351 g/mol. The molecule has 0 radical (unpaired) electrons. The fourth-order valence-corrected chi connectivity index (χ4v) is 2.56. The molecule has 5 nitrogen and oxygen atoms in total. The summed E-state index contributed by atoms with van der Waals surface area (Å²) in [7, 11) is 1.75. The summed E-state index contributed by atoms with van der Waals surface area (Å²) in [6.07, 6.45) is 0. The number of rotatable bonds is 3. The minimum atomic E-state index is -1.07. The molecule has 2 aromatic rings. The zero-order valence-corrected chi connectivity index (χ0v) is 15.1. The molecule has 1 N–H and O–H groups in total. The van der Waals surface area contributed by atoms with Crippen molar-refractivity contribution in [2.24, 2.45) is 0 Å². The highest BCUT2D eigenvalue weighted by molar-refractivity contribution is 5.94. The monoisotopic (exact) mass is 351 g/mol. The van der Waals surface area contributed by atoms with Crippen LogP contribution in [0.5, 0.6) is 11.5 Å². The fraction of sp³-hybridized carbons (Fsp3) is 0.286. The highest BCUT2D eigenvalue weighted by Crippen LogP contribution is 2.32. The van der Waals surface area contributed by atoms with E-state index in [0.717, 1.165) is 11.3 Å². The molecule has 0 fully saturated rings. The minimum Gasteiger partial charge on any atom is -0.454 e. The van der Waals surface area contributed by atoms with Gasteiger partial charge in [-0.15, -0.1) is 0 Å². The lowest BCUT2D eigenvalue weighted by Crippen LogP contribution is -2.26. The number of carbonyl (C=O) groups excluding carboxylic acids is 1. The number of fused-ring (bicyclic) bond motifs is 1. The van der Waals surface area contributed by atoms with Gasteiger partial charge < -0.3 is 19.5 Å². The topological polar surface area (TPSA) is 59.0 Å². The van der Waals surface area contributed by atoms with Gasteiger partial charge in [-0.3, -0.25) is 4.79 Å². The Kier molecular flexibility index (Phi) is 4.88. The van der Waals surface area contributed by atoms with Crippen molar-refractivity contribution in [2.45, 2.75) is 26.0 Å². The van der Waals surface area contributed by atoms with Gasteiger partial charge in [0.05, 0.1) is 0 Å². The van der Waals surface area contributed by atoms with Gasteiger partial charge in [0.2, 0.25) is 6.79 Å². The smallest absolute Gasteiger partial charge is 0.253 e. The predicted octanol–water partition coefficient (Wildman–Crippen LogP) is 2.81. The zero-order valence-electron chi connectivity index (χ0n) is 15.1. The third-order valence-electron chi connectivity index (χ3n) is 3.83. The van der Waals surface area contributed by atoms with E-state index in [-0.39, 0.29) is 12.7 Å². The molecule has 0 bridgehead atoms. The van der Waals surface area contributed by atoms with Gasteiger partial charge in [-0.05, 0) is 49.7 Å². The number of aliphatic hydroxyl groups is 1. The summed E-state index contributed by atoms with van der Waals surface area (Å²) in [5.41, 5.74) is 1.13. The summed E-state index contributed by atoms with van der Waals surface area (Å²) < 4.78 is 10.7. The van der Waals surface area contributed by atoms with Gasteiger partial charge in [0.1, 0.15) is 5.60 Å². The number of ether oxygens (including phenoxy) is 2. The summed E-state index contributed by atoms with van der Waals surface area (Å²) >= 11 is 0. The zero-order chi connectivity index (χ0) is 18.7. The number of hydrogen-bond donors (Lipinski definition) is 1. The largest absolute Gasteiger partial charge is 0.454 e. The maximum atomic E-state index is 12.7. The molecule has 1 amide bonds. The second-order valence-corrected chi connectivity index (χ2v) is 6.74. The molecule has 0 atom stereocenters. The molecule has 0 aliphatic carbocycles. The summed E-state index contributed by atoms with van der Waals surface area (Å²) in [4.78, 5) is 14.3. The van der Waals surface area contributed by atoms with E-state index in [1.807, 2.05) is 24.3 Å². The Bertz CT molecular complexity index is 887. The van der Waals surface area contributed by atoms with E-state index in [9.17, 15) is 9.90 Å². The summed E-state index contributed by atoms with van der Waals surface area (Å²) in [5.74, 6) is 6.97. The first kappa shape index (κ1) is 17.8. The molecule has 1 aliphatic heterocycles. The van der Waals surface area contributed by atoms with E-state index in [1.54, 1.807) is 44.0 Å².